The molecule has 4 nitrogen and oxygen atoms in total. The molecule has 160 valence electrons. The Morgan fingerprint density at radius 2 is 1.90 bits per heavy atom. The van der Waals surface area contributed by atoms with Gasteiger partial charge in [-0.25, -0.2) is 18.7 Å². The fourth-order valence-electron chi connectivity index (χ4n) is 2.78. The lowest BCUT2D eigenvalue weighted by atomic mass is 10.1. The Morgan fingerprint density at radius 1 is 1.16 bits per heavy atom. The van der Waals surface area contributed by atoms with Crippen LogP contribution in [0.25, 0.3) is 6.08 Å². The average Bonchev–Trinajstić information content (AvgIpc) is 2.76. The van der Waals surface area contributed by atoms with Crippen LogP contribution in [0.15, 0.2) is 64.2 Å². The highest BCUT2D eigenvalue weighted by Crippen LogP contribution is 2.29. The molecule has 0 N–H and O–H groups in total. The van der Waals surface area contributed by atoms with Gasteiger partial charge < -0.3 is 4.74 Å². The minimum Gasteiger partial charge on any atom is -0.496 e. The first-order valence-electron chi connectivity index (χ1n) is 9.27. The van der Waals surface area contributed by atoms with Gasteiger partial charge in [0.1, 0.15) is 11.4 Å². The number of benzene rings is 2. The first-order valence-corrected chi connectivity index (χ1v) is 11.0. The van der Waals surface area contributed by atoms with Crippen LogP contribution >= 0.6 is 27.7 Å². The molecule has 0 radical (unpaired) electrons. The SMILES string of the molecule is COc1ccc(/C=C/C(=O)c2ccc(Br)cc2)cc1CSc1nc(C)cc(C(F)F)n1. The summed E-state index contributed by atoms with van der Waals surface area (Å²) in [7, 11) is 1.56. The largest absolute Gasteiger partial charge is 0.496 e. The van der Waals surface area contributed by atoms with Crippen LogP contribution in [0.3, 0.4) is 0 Å². The maximum atomic E-state index is 13.0. The number of carbonyl (C=O) groups excluding carboxylic acids is 1. The summed E-state index contributed by atoms with van der Waals surface area (Å²) in [6, 6.07) is 14.0. The fraction of sp³-hybridized carbons (Fsp3) is 0.174. The fourth-order valence-corrected chi connectivity index (χ4v) is 3.93. The van der Waals surface area contributed by atoms with Crippen molar-refractivity contribution >= 4 is 39.6 Å². The summed E-state index contributed by atoms with van der Waals surface area (Å²) >= 11 is 4.60. The Kier molecular flexibility index (Phi) is 7.92. The van der Waals surface area contributed by atoms with Crippen LogP contribution in [0.1, 0.15) is 39.3 Å². The molecule has 3 rings (SSSR count). The van der Waals surface area contributed by atoms with Gasteiger partial charge in [0.05, 0.1) is 7.11 Å². The number of rotatable bonds is 8. The standard InChI is InChI=1S/C23H19BrF2N2O2S/c1-14-11-19(22(25)26)28-23(27-14)31-13-17-12-15(4-10-21(17)30-2)3-9-20(29)16-5-7-18(24)8-6-16/h3-12,22H,13H2,1-2H3/b9-3+. The van der Waals surface area contributed by atoms with Gasteiger partial charge in [-0.3, -0.25) is 4.79 Å². The smallest absolute Gasteiger partial charge is 0.280 e. The van der Waals surface area contributed by atoms with E-state index in [0.717, 1.165) is 15.6 Å². The van der Waals surface area contributed by atoms with Crippen LogP contribution in [0.5, 0.6) is 5.75 Å². The van der Waals surface area contributed by atoms with E-state index in [2.05, 4.69) is 25.9 Å². The molecular formula is C23H19BrF2N2O2S. The van der Waals surface area contributed by atoms with Crippen LogP contribution in [0.4, 0.5) is 8.78 Å². The third-order valence-electron chi connectivity index (χ3n) is 4.29. The predicted molar refractivity (Wildman–Crippen MR) is 122 cm³/mol. The number of alkyl halides is 2. The molecule has 0 aliphatic rings. The second-order valence-corrected chi connectivity index (χ2v) is 8.44. The normalized spacial score (nSPS) is 11.3. The predicted octanol–water partition coefficient (Wildman–Crippen LogP) is 6.68. The number of halogens is 3. The summed E-state index contributed by atoms with van der Waals surface area (Å²) in [6.45, 7) is 1.66. The minimum absolute atomic E-state index is 0.105. The van der Waals surface area contributed by atoms with Crippen molar-refractivity contribution in [2.75, 3.05) is 7.11 Å². The third-order valence-corrected chi connectivity index (χ3v) is 5.72. The van der Waals surface area contributed by atoms with E-state index in [9.17, 15) is 13.6 Å². The molecule has 3 aromatic rings. The molecule has 8 heteroatoms. The Bertz CT molecular complexity index is 1110. The zero-order valence-electron chi connectivity index (χ0n) is 16.8. The quantitative estimate of drug-likeness (QED) is 0.148. The van der Waals surface area contributed by atoms with Crippen LogP contribution in [0, 0.1) is 6.92 Å². The molecule has 2 aromatic carbocycles. The van der Waals surface area contributed by atoms with Crippen LogP contribution < -0.4 is 4.74 Å². The van der Waals surface area contributed by atoms with Crippen molar-refractivity contribution in [2.24, 2.45) is 0 Å². The molecule has 1 heterocycles. The Labute approximate surface area is 191 Å². The van der Waals surface area contributed by atoms with E-state index < -0.39 is 6.43 Å². The number of allylic oxidation sites excluding steroid dienone is 1. The molecule has 0 fully saturated rings. The maximum Gasteiger partial charge on any atom is 0.280 e. The van der Waals surface area contributed by atoms with Gasteiger partial charge in [-0.15, -0.1) is 0 Å². The summed E-state index contributed by atoms with van der Waals surface area (Å²) in [6.07, 6.45) is 0.601. The number of hydrogen-bond acceptors (Lipinski definition) is 5. The van der Waals surface area contributed by atoms with E-state index in [0.29, 0.717) is 22.8 Å². The monoisotopic (exact) mass is 504 g/mol. The molecule has 0 saturated carbocycles. The summed E-state index contributed by atoms with van der Waals surface area (Å²) in [5, 5.41) is 0.281. The molecule has 0 bridgehead atoms. The molecular weight excluding hydrogens is 486 g/mol. The van der Waals surface area contributed by atoms with Gasteiger partial charge in [0.15, 0.2) is 10.9 Å². The number of methoxy groups -OCH3 is 1. The molecule has 31 heavy (non-hydrogen) atoms. The van der Waals surface area contributed by atoms with E-state index in [1.54, 1.807) is 38.3 Å². The molecule has 0 spiro atoms. The summed E-state index contributed by atoms with van der Waals surface area (Å²) in [5.74, 6) is 0.982. The molecule has 0 unspecified atom stereocenters. The first-order chi connectivity index (χ1) is 14.9. The van der Waals surface area contributed by atoms with E-state index in [-0.39, 0.29) is 16.6 Å². The molecule has 0 aliphatic heterocycles. The molecule has 0 aliphatic carbocycles. The number of aryl methyl sites for hydroxylation is 1. The number of hydrogen-bond donors (Lipinski definition) is 0. The summed E-state index contributed by atoms with van der Waals surface area (Å²) < 4.78 is 32.3. The number of aromatic nitrogens is 2. The van der Waals surface area contributed by atoms with E-state index >= 15 is 0 Å². The lowest BCUT2D eigenvalue weighted by Crippen LogP contribution is -1.98. The number of ether oxygens (including phenoxy) is 1. The zero-order valence-corrected chi connectivity index (χ0v) is 19.2. The molecule has 1 aromatic heterocycles. The van der Waals surface area contributed by atoms with Crippen molar-refractivity contribution in [3.05, 3.63) is 87.2 Å². The molecule has 0 amide bonds. The van der Waals surface area contributed by atoms with Gasteiger partial charge in [-0.2, -0.15) is 0 Å². The molecule has 0 saturated heterocycles. The Morgan fingerprint density at radius 3 is 2.58 bits per heavy atom. The number of thioether (sulfide) groups is 1. The lowest BCUT2D eigenvalue weighted by Gasteiger charge is -2.10. The Hall–Kier alpha value is -2.58. The van der Waals surface area contributed by atoms with Gasteiger partial charge in [0.2, 0.25) is 0 Å². The zero-order chi connectivity index (χ0) is 22.4. The third kappa shape index (κ3) is 6.45. The van der Waals surface area contributed by atoms with Crippen molar-refractivity contribution < 1.29 is 18.3 Å². The van der Waals surface area contributed by atoms with Gasteiger partial charge in [-0.1, -0.05) is 39.8 Å². The first kappa shape index (κ1) is 23.1. The summed E-state index contributed by atoms with van der Waals surface area (Å²) in [5.41, 5.74) is 2.46. The highest BCUT2D eigenvalue weighted by molar-refractivity contribution is 9.10. The second-order valence-electron chi connectivity index (χ2n) is 6.58. The highest BCUT2D eigenvalue weighted by Gasteiger charge is 2.13. The van der Waals surface area contributed by atoms with Crippen LogP contribution in [-0.4, -0.2) is 22.9 Å². The van der Waals surface area contributed by atoms with E-state index in [4.69, 9.17) is 4.74 Å². The van der Waals surface area contributed by atoms with Crippen molar-refractivity contribution in [3.8, 4) is 5.75 Å². The van der Waals surface area contributed by atoms with E-state index in [1.807, 2.05) is 24.3 Å². The van der Waals surface area contributed by atoms with Crippen molar-refractivity contribution in [1.29, 1.82) is 0 Å². The second kappa shape index (κ2) is 10.6. The van der Waals surface area contributed by atoms with Gasteiger partial charge in [0, 0.05) is 27.0 Å². The molecule has 0 atom stereocenters. The van der Waals surface area contributed by atoms with Crippen molar-refractivity contribution in [1.82, 2.24) is 9.97 Å². The average molecular weight is 505 g/mol. The number of nitrogens with zero attached hydrogens (tertiary/aromatic N) is 2. The maximum absolute atomic E-state index is 13.0. The lowest BCUT2D eigenvalue weighted by molar-refractivity contribution is 0.104. The van der Waals surface area contributed by atoms with Crippen molar-refractivity contribution in [3.63, 3.8) is 0 Å². The topological polar surface area (TPSA) is 52.1 Å². The highest BCUT2D eigenvalue weighted by atomic mass is 79.9. The number of carbonyl (C=O) groups is 1. The minimum atomic E-state index is -2.65. The van der Waals surface area contributed by atoms with Gasteiger partial charge >= 0.3 is 0 Å². The van der Waals surface area contributed by atoms with Crippen LogP contribution in [-0.2, 0) is 5.75 Å². The number of ketones is 1. The van der Waals surface area contributed by atoms with Gasteiger partial charge in [-0.05, 0) is 61.0 Å². The van der Waals surface area contributed by atoms with E-state index in [1.165, 1.54) is 23.9 Å². The summed E-state index contributed by atoms with van der Waals surface area (Å²) in [4.78, 5) is 20.5. The van der Waals surface area contributed by atoms with Crippen molar-refractivity contribution in [2.45, 2.75) is 24.3 Å². The van der Waals surface area contributed by atoms with Gasteiger partial charge in [0.25, 0.3) is 6.43 Å². The van der Waals surface area contributed by atoms with Crippen LogP contribution in [0.2, 0.25) is 0 Å². The Balaban J connectivity index is 1.76.